The zero-order valence-corrected chi connectivity index (χ0v) is 35.1. The lowest BCUT2D eigenvalue weighted by atomic mass is 10.1. The second kappa shape index (κ2) is 19.2. The highest BCUT2D eigenvalue weighted by atomic mass is 79.9. The van der Waals surface area contributed by atoms with Crippen LogP contribution in [-0.2, 0) is 55.5 Å². The molecule has 6 aromatic rings. The summed E-state index contributed by atoms with van der Waals surface area (Å²) in [4.78, 5) is 22.5. The number of nitrogens with zero attached hydrogens (tertiary/aromatic N) is 5. The molecule has 0 bridgehead atoms. The fraction of sp³-hybridized carbons (Fsp3) is 0.263. The van der Waals surface area contributed by atoms with E-state index in [9.17, 15) is 35.2 Å². The van der Waals surface area contributed by atoms with E-state index in [4.69, 9.17) is 0 Å². The van der Waals surface area contributed by atoms with Gasteiger partial charge in [0.2, 0.25) is 20.0 Å². The Labute approximate surface area is 337 Å². The van der Waals surface area contributed by atoms with Crippen molar-refractivity contribution in [3.05, 3.63) is 119 Å². The first-order chi connectivity index (χ1) is 27.0. The number of carbonyl (C=O) groups excluding carboxylic acids is 2. The zero-order valence-electron chi connectivity index (χ0n) is 31.9. The Morgan fingerprint density at radius 1 is 0.754 bits per heavy atom. The van der Waals surface area contributed by atoms with Gasteiger partial charge in [-0.3, -0.25) is 18.4 Å². The van der Waals surface area contributed by atoms with Gasteiger partial charge in [-0.1, -0.05) is 52.3 Å². The van der Waals surface area contributed by atoms with Gasteiger partial charge in [-0.15, -0.1) is 0 Å². The fourth-order valence-electron chi connectivity index (χ4n) is 5.43. The van der Waals surface area contributed by atoms with Gasteiger partial charge in [0.15, 0.2) is 0 Å². The molecule has 14 nitrogen and oxygen atoms in total. The maximum Gasteiger partial charge on any atom is 0.337 e. The number of halogens is 3. The van der Waals surface area contributed by atoms with Crippen LogP contribution in [0.3, 0.4) is 0 Å². The molecular weight excluding hydrogens is 850 g/mol. The molecule has 6 rings (SSSR count). The van der Waals surface area contributed by atoms with Crippen molar-refractivity contribution in [2.45, 2.75) is 25.7 Å². The number of rotatable bonds is 11. The van der Waals surface area contributed by atoms with Crippen LogP contribution in [0, 0.1) is 11.6 Å². The summed E-state index contributed by atoms with van der Waals surface area (Å²) < 4.78 is 92.3. The van der Waals surface area contributed by atoms with Crippen molar-refractivity contribution in [1.82, 2.24) is 19.6 Å². The summed E-state index contributed by atoms with van der Waals surface area (Å²) in [6, 6.07) is 18.8. The van der Waals surface area contributed by atoms with Crippen LogP contribution in [0.2, 0.25) is 0 Å². The van der Waals surface area contributed by atoms with E-state index in [0.29, 0.717) is 27.8 Å². The quantitative estimate of drug-likeness (QED) is 0.109. The fourth-order valence-corrected chi connectivity index (χ4v) is 7.63. The minimum absolute atomic E-state index is 0.0568. The Morgan fingerprint density at radius 3 is 1.75 bits per heavy atom. The van der Waals surface area contributed by atoms with Crippen LogP contribution in [0.25, 0.3) is 21.8 Å². The van der Waals surface area contributed by atoms with Crippen molar-refractivity contribution in [3.63, 3.8) is 0 Å². The normalized spacial score (nSPS) is 11.2. The highest BCUT2D eigenvalue weighted by Gasteiger charge is 2.25. The summed E-state index contributed by atoms with van der Waals surface area (Å²) in [5.41, 5.74) is 3.35. The number of sulfonamides is 2. The van der Waals surface area contributed by atoms with Gasteiger partial charge in [-0.05, 0) is 55.8 Å². The summed E-state index contributed by atoms with van der Waals surface area (Å²) in [5.74, 6) is -2.37. The molecular formula is C38H41BrF2N6O8S2. The number of para-hydroxylation sites is 2. The number of nitrogens with one attached hydrogen (secondary N) is 1. The Kier molecular flexibility index (Phi) is 14.9. The monoisotopic (exact) mass is 890 g/mol. The maximum absolute atomic E-state index is 14.6. The number of aryl methyl sites for hydroxylation is 2. The van der Waals surface area contributed by atoms with E-state index in [-0.39, 0.29) is 34.7 Å². The number of alkyl halides is 1. The van der Waals surface area contributed by atoms with Crippen LogP contribution in [0.1, 0.15) is 45.7 Å². The second-order valence-electron chi connectivity index (χ2n) is 12.1. The van der Waals surface area contributed by atoms with E-state index in [0.717, 1.165) is 22.4 Å². The lowest BCUT2D eigenvalue weighted by molar-refractivity contribution is 0.0591. The number of fused-ring (bicyclic) bond motifs is 2. The Morgan fingerprint density at radius 2 is 1.26 bits per heavy atom. The Bertz CT molecular complexity index is 2620. The van der Waals surface area contributed by atoms with E-state index < -0.39 is 43.6 Å². The molecule has 4 aromatic carbocycles. The average molecular weight is 892 g/mol. The SMILES string of the molecule is CCS(=O)(=O)N(Cc1ccc(C(=O)OC)cc1F)c1cccc2cnn(C)c12.CCS(=O)(=O)Nc1cccc2cnn(C)c12.COC(=O)c1ccc(CBr)c(F)c1. The topological polar surface area (TPSA) is 172 Å². The third-order valence-electron chi connectivity index (χ3n) is 8.52. The summed E-state index contributed by atoms with van der Waals surface area (Å²) in [6.07, 6.45) is 3.35. The van der Waals surface area contributed by atoms with Crippen LogP contribution in [0.15, 0.2) is 85.2 Å². The molecule has 0 unspecified atom stereocenters. The standard InChI is InChI=1S/C19H20FN3O4S.C10H13N3O2S.C9H8BrFO2/c1-4-28(25,26)23(17-7-5-6-14-11-21-22(2)18(14)17)12-15-9-8-13(10-16(15)20)19(24)27-3;1-3-16(14,15)12-9-6-4-5-8-7-11-13(2)10(8)9;1-13-9(12)6-2-3-7(5-10)8(11)4-6/h5-11H,4,12H2,1-3H3;4-7,12H,3H2,1-2H3;2-4H,5H2,1H3. The van der Waals surface area contributed by atoms with Crippen LogP contribution < -0.4 is 9.03 Å². The first-order valence-electron chi connectivity index (χ1n) is 17.1. The molecule has 19 heteroatoms. The molecule has 57 heavy (non-hydrogen) atoms. The molecule has 0 saturated carbocycles. The summed E-state index contributed by atoms with van der Waals surface area (Å²) in [5, 5.41) is 10.4. The second-order valence-corrected chi connectivity index (χ2v) is 16.9. The lowest BCUT2D eigenvalue weighted by Gasteiger charge is -2.25. The van der Waals surface area contributed by atoms with Gasteiger partial charge in [0, 0.05) is 35.8 Å². The van der Waals surface area contributed by atoms with Crippen LogP contribution in [0.5, 0.6) is 0 Å². The molecule has 0 spiro atoms. The number of carbonyl (C=O) groups is 2. The van der Waals surface area contributed by atoms with Crippen LogP contribution >= 0.6 is 15.9 Å². The number of esters is 2. The van der Waals surface area contributed by atoms with Gasteiger partial charge in [0.25, 0.3) is 0 Å². The number of ether oxygens (including phenoxy) is 2. The number of anilines is 2. The highest BCUT2D eigenvalue weighted by molar-refractivity contribution is 9.08. The summed E-state index contributed by atoms with van der Waals surface area (Å²) >= 11 is 3.13. The van der Waals surface area contributed by atoms with Gasteiger partial charge < -0.3 is 9.47 Å². The van der Waals surface area contributed by atoms with Gasteiger partial charge >= 0.3 is 11.9 Å². The van der Waals surface area contributed by atoms with Crippen molar-refractivity contribution >= 4 is 81.1 Å². The van der Waals surface area contributed by atoms with E-state index in [2.05, 4.69) is 40.3 Å². The minimum Gasteiger partial charge on any atom is -0.465 e. The molecule has 0 aliphatic rings. The van der Waals surface area contributed by atoms with E-state index in [1.165, 1.54) is 49.7 Å². The molecule has 0 radical (unpaired) electrons. The largest absolute Gasteiger partial charge is 0.465 e. The number of hydrogen-bond donors (Lipinski definition) is 1. The van der Waals surface area contributed by atoms with E-state index >= 15 is 0 Å². The Balaban J connectivity index is 0.000000209. The molecule has 304 valence electrons. The predicted molar refractivity (Wildman–Crippen MR) is 218 cm³/mol. The van der Waals surface area contributed by atoms with Gasteiger partial charge in [-0.25, -0.2) is 35.2 Å². The van der Waals surface area contributed by atoms with Gasteiger partial charge in [-0.2, -0.15) is 10.2 Å². The summed E-state index contributed by atoms with van der Waals surface area (Å²) in [6.45, 7) is 2.92. The molecule has 1 N–H and O–H groups in total. The minimum atomic E-state index is -3.71. The molecule has 0 aliphatic heterocycles. The van der Waals surface area contributed by atoms with Crippen molar-refractivity contribution in [1.29, 1.82) is 0 Å². The first kappa shape index (κ1) is 44.3. The Hall–Kier alpha value is -5.40. The third-order valence-corrected chi connectivity index (χ3v) is 12.1. The van der Waals surface area contributed by atoms with Gasteiger partial charge in [0.1, 0.15) is 11.6 Å². The van der Waals surface area contributed by atoms with E-state index in [1.54, 1.807) is 73.1 Å². The average Bonchev–Trinajstić information content (AvgIpc) is 3.79. The molecule has 0 saturated heterocycles. The van der Waals surface area contributed by atoms with Crippen LogP contribution in [0.4, 0.5) is 20.2 Å². The molecule has 0 amide bonds. The molecule has 2 heterocycles. The smallest absolute Gasteiger partial charge is 0.337 e. The van der Waals surface area contributed by atoms with Crippen LogP contribution in [-0.4, -0.2) is 74.1 Å². The zero-order chi connectivity index (χ0) is 42.1. The molecule has 0 aliphatic carbocycles. The summed E-state index contributed by atoms with van der Waals surface area (Å²) in [7, 11) is -0.992. The highest BCUT2D eigenvalue weighted by Crippen LogP contribution is 2.31. The molecule has 0 atom stereocenters. The number of benzene rings is 4. The van der Waals surface area contributed by atoms with Crippen molar-refractivity contribution in [3.8, 4) is 0 Å². The predicted octanol–water partition coefficient (Wildman–Crippen LogP) is 6.70. The third kappa shape index (κ3) is 10.7. The lowest BCUT2D eigenvalue weighted by Crippen LogP contribution is -2.32. The number of methoxy groups -OCH3 is 2. The number of hydrogen-bond acceptors (Lipinski definition) is 10. The van der Waals surface area contributed by atoms with Gasteiger partial charge in [0.05, 0.1) is 78.2 Å². The van der Waals surface area contributed by atoms with Crippen molar-refractivity contribution in [2.75, 3.05) is 34.8 Å². The van der Waals surface area contributed by atoms with Crippen molar-refractivity contribution in [2.24, 2.45) is 14.1 Å². The van der Waals surface area contributed by atoms with Crippen molar-refractivity contribution < 1.29 is 44.7 Å². The molecule has 2 aromatic heterocycles. The van der Waals surface area contributed by atoms with E-state index in [1.807, 2.05) is 12.1 Å². The molecule has 0 fully saturated rings. The maximum atomic E-state index is 14.6. The first-order valence-corrected chi connectivity index (χ1v) is 21.5. The number of aromatic nitrogens is 4.